The molecule has 4 nitrogen and oxygen atoms in total. The van der Waals surface area contributed by atoms with E-state index in [0.29, 0.717) is 0 Å². The lowest BCUT2D eigenvalue weighted by atomic mass is 9.97. The molecule has 112 valence electrons. The minimum absolute atomic E-state index is 0.155. The maximum Gasteiger partial charge on any atom is 0.325 e. The van der Waals surface area contributed by atoms with Crippen LogP contribution in [0.25, 0.3) is 0 Å². The fourth-order valence-electron chi connectivity index (χ4n) is 2.81. The molecule has 0 aromatic rings. The second-order valence-corrected chi connectivity index (χ2v) is 5.98. The third-order valence-electron chi connectivity index (χ3n) is 4.24. The Balaban J connectivity index is 2.49. The van der Waals surface area contributed by atoms with Gasteiger partial charge in [0.2, 0.25) is 0 Å². The molecule has 1 fully saturated rings. The summed E-state index contributed by atoms with van der Waals surface area (Å²) in [5.41, 5.74) is -0.554. The highest BCUT2D eigenvalue weighted by Gasteiger charge is 2.33. The van der Waals surface area contributed by atoms with Crippen molar-refractivity contribution < 1.29 is 9.53 Å². The predicted molar refractivity (Wildman–Crippen MR) is 78.2 cm³/mol. The number of carbonyl (C=O) groups is 1. The van der Waals surface area contributed by atoms with Crippen molar-refractivity contribution in [3.05, 3.63) is 0 Å². The Hall–Kier alpha value is -0.610. The molecule has 2 atom stereocenters. The number of likely N-dealkylation sites (N-methyl/N-ethyl adjacent to an activating group) is 1. The van der Waals surface area contributed by atoms with E-state index >= 15 is 0 Å². The minimum Gasteiger partial charge on any atom is -0.468 e. The first-order valence-corrected chi connectivity index (χ1v) is 7.57. The molecule has 1 N–H and O–H groups in total. The monoisotopic (exact) mass is 270 g/mol. The van der Waals surface area contributed by atoms with E-state index in [-0.39, 0.29) is 5.97 Å². The van der Waals surface area contributed by atoms with E-state index in [1.807, 2.05) is 13.8 Å². The summed E-state index contributed by atoms with van der Waals surface area (Å²) in [5, 5.41) is 3.27. The predicted octanol–water partition coefficient (Wildman–Crippen LogP) is 2.04. The number of carbonyl (C=O) groups excluding carboxylic acids is 1. The number of hydrogen-bond acceptors (Lipinski definition) is 4. The lowest BCUT2D eigenvalue weighted by molar-refractivity contribution is -0.148. The van der Waals surface area contributed by atoms with Crippen LogP contribution in [0.15, 0.2) is 0 Å². The van der Waals surface area contributed by atoms with Gasteiger partial charge < -0.3 is 15.0 Å². The lowest BCUT2D eigenvalue weighted by Crippen LogP contribution is -2.52. The quantitative estimate of drug-likeness (QED) is 0.750. The summed E-state index contributed by atoms with van der Waals surface area (Å²) < 4.78 is 4.93. The van der Waals surface area contributed by atoms with Crippen LogP contribution in [0.5, 0.6) is 0 Å². The Morgan fingerprint density at radius 1 is 1.42 bits per heavy atom. The minimum atomic E-state index is -0.554. The molecule has 1 heterocycles. The Bertz CT molecular complexity index is 283. The van der Waals surface area contributed by atoms with Gasteiger partial charge in [0.15, 0.2) is 0 Å². The van der Waals surface area contributed by atoms with E-state index in [2.05, 4.69) is 17.1 Å². The summed E-state index contributed by atoms with van der Waals surface area (Å²) in [5.74, 6) is 0.684. The van der Waals surface area contributed by atoms with E-state index in [9.17, 15) is 4.79 Å². The van der Waals surface area contributed by atoms with Crippen molar-refractivity contribution in [2.24, 2.45) is 5.92 Å². The molecule has 1 aliphatic heterocycles. The average molecular weight is 270 g/mol. The molecule has 1 saturated heterocycles. The molecule has 1 rings (SSSR count). The number of nitrogens with zero attached hydrogens (tertiary/aromatic N) is 1. The highest BCUT2D eigenvalue weighted by atomic mass is 16.5. The second-order valence-electron chi connectivity index (χ2n) is 5.98. The van der Waals surface area contributed by atoms with Crippen molar-refractivity contribution in [3.63, 3.8) is 0 Å². The number of nitrogens with one attached hydrogen (secondary N) is 1. The van der Waals surface area contributed by atoms with Gasteiger partial charge in [-0.3, -0.25) is 4.79 Å². The molecule has 2 unspecified atom stereocenters. The van der Waals surface area contributed by atoms with Crippen LogP contribution in [0.1, 0.15) is 46.5 Å². The topological polar surface area (TPSA) is 41.6 Å². The zero-order valence-corrected chi connectivity index (χ0v) is 13.0. The fourth-order valence-corrected chi connectivity index (χ4v) is 2.81. The number of hydrogen-bond donors (Lipinski definition) is 1. The SMILES string of the molecule is CCNC(C)(CCN1CCCC(C)CC1)C(=O)OC. The van der Waals surface area contributed by atoms with Gasteiger partial charge in [-0.1, -0.05) is 13.8 Å². The first-order valence-electron chi connectivity index (χ1n) is 7.57. The Morgan fingerprint density at radius 3 is 2.79 bits per heavy atom. The van der Waals surface area contributed by atoms with Crippen LogP contribution in [-0.4, -0.2) is 49.7 Å². The highest BCUT2D eigenvalue weighted by molar-refractivity contribution is 5.80. The van der Waals surface area contributed by atoms with Crippen molar-refractivity contribution in [1.82, 2.24) is 10.2 Å². The van der Waals surface area contributed by atoms with Gasteiger partial charge in [0.1, 0.15) is 5.54 Å². The average Bonchev–Trinajstić information content (AvgIpc) is 2.60. The van der Waals surface area contributed by atoms with E-state index in [4.69, 9.17) is 4.74 Å². The molecular formula is C15H30N2O2. The zero-order valence-electron chi connectivity index (χ0n) is 13.0. The van der Waals surface area contributed by atoms with Crippen LogP contribution >= 0.6 is 0 Å². The van der Waals surface area contributed by atoms with E-state index in [0.717, 1.165) is 38.5 Å². The molecule has 0 amide bonds. The van der Waals surface area contributed by atoms with E-state index in [1.165, 1.54) is 26.4 Å². The summed E-state index contributed by atoms with van der Waals surface area (Å²) >= 11 is 0. The van der Waals surface area contributed by atoms with Crippen LogP contribution < -0.4 is 5.32 Å². The Morgan fingerprint density at radius 2 is 2.16 bits per heavy atom. The maximum absolute atomic E-state index is 11.9. The first-order chi connectivity index (χ1) is 9.01. The van der Waals surface area contributed by atoms with Crippen LogP contribution in [0.2, 0.25) is 0 Å². The summed E-state index contributed by atoms with van der Waals surface area (Å²) in [6, 6.07) is 0. The molecule has 4 heteroatoms. The first kappa shape index (κ1) is 16.4. The van der Waals surface area contributed by atoms with Gasteiger partial charge in [-0.25, -0.2) is 0 Å². The normalized spacial score (nSPS) is 24.5. The summed E-state index contributed by atoms with van der Waals surface area (Å²) in [7, 11) is 1.46. The van der Waals surface area contributed by atoms with Crippen LogP contribution in [0, 0.1) is 5.92 Å². The Kier molecular flexibility index (Phi) is 6.80. The van der Waals surface area contributed by atoms with Crippen LogP contribution in [-0.2, 0) is 9.53 Å². The van der Waals surface area contributed by atoms with Crippen molar-refractivity contribution in [3.8, 4) is 0 Å². The van der Waals surface area contributed by atoms with Crippen molar-refractivity contribution in [1.29, 1.82) is 0 Å². The number of methoxy groups -OCH3 is 1. The van der Waals surface area contributed by atoms with Gasteiger partial charge in [-0.15, -0.1) is 0 Å². The standard InChI is InChI=1S/C15H30N2O2/c1-5-16-15(3,14(18)19-4)9-12-17-10-6-7-13(2)8-11-17/h13,16H,5-12H2,1-4H3. The van der Waals surface area contributed by atoms with Crippen molar-refractivity contribution in [2.75, 3.05) is 33.3 Å². The third-order valence-corrected chi connectivity index (χ3v) is 4.24. The molecule has 0 aliphatic carbocycles. The third kappa shape index (κ3) is 5.11. The molecule has 1 aliphatic rings. The summed E-state index contributed by atoms with van der Waals surface area (Å²) in [4.78, 5) is 14.4. The smallest absolute Gasteiger partial charge is 0.325 e. The number of esters is 1. The van der Waals surface area contributed by atoms with Gasteiger partial charge in [0.05, 0.1) is 7.11 Å². The van der Waals surface area contributed by atoms with Crippen LogP contribution in [0.4, 0.5) is 0 Å². The molecule has 19 heavy (non-hydrogen) atoms. The van der Waals surface area contributed by atoms with Crippen molar-refractivity contribution in [2.45, 2.75) is 52.0 Å². The van der Waals surface area contributed by atoms with Crippen molar-refractivity contribution >= 4 is 5.97 Å². The summed E-state index contributed by atoms with van der Waals surface area (Å²) in [6.45, 7) is 10.4. The Labute approximate surface area is 117 Å². The second kappa shape index (κ2) is 7.85. The lowest BCUT2D eigenvalue weighted by Gasteiger charge is -2.30. The maximum atomic E-state index is 11.9. The van der Waals surface area contributed by atoms with Gasteiger partial charge in [-0.2, -0.15) is 0 Å². The fraction of sp³-hybridized carbons (Fsp3) is 0.933. The van der Waals surface area contributed by atoms with E-state index in [1.54, 1.807) is 0 Å². The molecule has 0 bridgehead atoms. The highest BCUT2D eigenvalue weighted by Crippen LogP contribution is 2.19. The number of rotatable bonds is 6. The molecular weight excluding hydrogens is 240 g/mol. The molecule has 0 radical (unpaired) electrons. The zero-order chi connectivity index (χ0) is 14.3. The molecule has 0 saturated carbocycles. The largest absolute Gasteiger partial charge is 0.468 e. The van der Waals surface area contributed by atoms with Crippen LogP contribution in [0.3, 0.4) is 0 Å². The van der Waals surface area contributed by atoms with Gasteiger partial charge in [0, 0.05) is 6.54 Å². The summed E-state index contributed by atoms with van der Waals surface area (Å²) in [6.07, 6.45) is 4.69. The van der Waals surface area contributed by atoms with Gasteiger partial charge in [0.25, 0.3) is 0 Å². The van der Waals surface area contributed by atoms with Gasteiger partial charge >= 0.3 is 5.97 Å². The van der Waals surface area contributed by atoms with E-state index < -0.39 is 5.54 Å². The molecule has 0 aromatic heterocycles. The molecule has 0 aromatic carbocycles. The van der Waals surface area contributed by atoms with Gasteiger partial charge in [-0.05, 0) is 58.2 Å². The number of ether oxygens (including phenoxy) is 1. The molecule has 0 spiro atoms. The number of likely N-dealkylation sites (tertiary alicyclic amines) is 1.